The second-order valence-corrected chi connectivity index (χ2v) is 6.15. The molecule has 0 saturated carbocycles. The summed E-state index contributed by atoms with van der Waals surface area (Å²) in [6.45, 7) is 3.81. The van der Waals surface area contributed by atoms with Crippen molar-refractivity contribution in [3.8, 4) is 0 Å². The van der Waals surface area contributed by atoms with E-state index in [1.165, 1.54) is 0 Å². The van der Waals surface area contributed by atoms with Crippen molar-refractivity contribution >= 4 is 16.8 Å². The van der Waals surface area contributed by atoms with Crippen LogP contribution in [0.25, 0.3) is 0 Å². The Labute approximate surface area is 127 Å². The number of rotatable bonds is 7. The molecule has 0 amide bonds. The normalized spacial score (nSPS) is 13.8. The molecule has 0 fully saturated rings. The van der Waals surface area contributed by atoms with Gasteiger partial charge in [-0.1, -0.05) is 24.6 Å². The largest absolute Gasteiger partial charge is 0.472 e. The van der Waals surface area contributed by atoms with E-state index >= 15 is 0 Å². The summed E-state index contributed by atoms with van der Waals surface area (Å²) in [5, 5.41) is 0. The summed E-state index contributed by atoms with van der Waals surface area (Å²) in [7, 11) is -1.37. The number of hydrogen-bond donors (Lipinski definition) is 1. The first kappa shape index (κ1) is 15.7. The zero-order valence-corrected chi connectivity index (χ0v) is 13.0. The lowest BCUT2D eigenvalue weighted by Gasteiger charge is -2.16. The summed E-state index contributed by atoms with van der Waals surface area (Å²) in [4.78, 5) is 12.4. The number of nitrogens with one attached hydrogen (secondary N) is 1. The molecule has 2 rings (SSSR count). The SMILES string of the molecule is CCC(=O)C[C@H](N[S@@](=O)c1ccc(C)cc1)c1ccoc1. The first-order chi connectivity index (χ1) is 10.1. The van der Waals surface area contributed by atoms with Gasteiger partial charge in [0.15, 0.2) is 0 Å². The Balaban J connectivity index is 2.12. The number of Topliss-reactive ketones (excluding diaryl/α,β-unsaturated/α-hetero) is 1. The molecule has 0 aliphatic carbocycles. The van der Waals surface area contributed by atoms with Gasteiger partial charge in [0, 0.05) is 18.4 Å². The molecule has 1 aromatic heterocycles. The third kappa shape index (κ3) is 4.37. The van der Waals surface area contributed by atoms with E-state index < -0.39 is 11.0 Å². The van der Waals surface area contributed by atoms with Gasteiger partial charge in [-0.25, -0.2) is 8.93 Å². The van der Waals surface area contributed by atoms with E-state index in [1.807, 2.05) is 38.1 Å². The summed E-state index contributed by atoms with van der Waals surface area (Å²) in [5.41, 5.74) is 1.94. The Morgan fingerprint density at radius 2 is 2.00 bits per heavy atom. The summed E-state index contributed by atoms with van der Waals surface area (Å²) in [6.07, 6.45) is 3.89. The average Bonchev–Trinajstić information content (AvgIpc) is 3.01. The number of benzene rings is 1. The molecule has 1 heterocycles. The van der Waals surface area contributed by atoms with E-state index in [-0.39, 0.29) is 11.8 Å². The Hall–Kier alpha value is -1.72. The molecule has 0 aliphatic rings. The van der Waals surface area contributed by atoms with Crippen LogP contribution in [-0.4, -0.2) is 9.99 Å². The van der Waals surface area contributed by atoms with Crippen molar-refractivity contribution in [3.63, 3.8) is 0 Å². The number of ketones is 1. The van der Waals surface area contributed by atoms with Gasteiger partial charge in [0.25, 0.3) is 0 Å². The minimum absolute atomic E-state index is 0.120. The highest BCUT2D eigenvalue weighted by Gasteiger charge is 2.19. The molecule has 2 atom stereocenters. The molecule has 1 aromatic carbocycles. The smallest absolute Gasteiger partial charge is 0.134 e. The third-order valence-electron chi connectivity index (χ3n) is 3.26. The van der Waals surface area contributed by atoms with Crippen LogP contribution in [0.3, 0.4) is 0 Å². The van der Waals surface area contributed by atoms with Crippen LogP contribution in [0.4, 0.5) is 0 Å². The number of hydrogen-bond acceptors (Lipinski definition) is 3. The molecule has 0 saturated heterocycles. The van der Waals surface area contributed by atoms with Crippen LogP contribution in [-0.2, 0) is 15.8 Å². The van der Waals surface area contributed by atoms with Crippen LogP contribution in [0.15, 0.2) is 52.2 Å². The summed E-state index contributed by atoms with van der Waals surface area (Å²) in [6, 6.07) is 8.96. The van der Waals surface area contributed by atoms with Crippen LogP contribution in [0, 0.1) is 6.92 Å². The van der Waals surface area contributed by atoms with Gasteiger partial charge in [-0.3, -0.25) is 4.79 Å². The minimum Gasteiger partial charge on any atom is -0.472 e. The van der Waals surface area contributed by atoms with Crippen LogP contribution >= 0.6 is 0 Å². The Kier molecular flexibility index (Phi) is 5.47. The van der Waals surface area contributed by atoms with Crippen molar-refractivity contribution in [1.82, 2.24) is 4.72 Å². The first-order valence-corrected chi connectivity index (χ1v) is 8.03. The molecule has 1 N–H and O–H groups in total. The van der Waals surface area contributed by atoms with Crippen LogP contribution in [0.5, 0.6) is 0 Å². The molecular weight excluding hydrogens is 286 g/mol. The number of aryl methyl sites for hydroxylation is 1. The maximum absolute atomic E-state index is 12.4. The number of carbonyl (C=O) groups excluding carboxylic acids is 1. The maximum atomic E-state index is 12.4. The van der Waals surface area contributed by atoms with E-state index in [9.17, 15) is 9.00 Å². The molecule has 4 nitrogen and oxygen atoms in total. The van der Waals surface area contributed by atoms with Crippen molar-refractivity contribution in [2.24, 2.45) is 0 Å². The zero-order valence-electron chi connectivity index (χ0n) is 12.2. The van der Waals surface area contributed by atoms with E-state index in [2.05, 4.69) is 4.72 Å². The molecule has 112 valence electrons. The highest BCUT2D eigenvalue weighted by molar-refractivity contribution is 7.83. The van der Waals surface area contributed by atoms with Gasteiger partial charge in [-0.05, 0) is 25.1 Å². The molecule has 2 aromatic rings. The fourth-order valence-corrected chi connectivity index (χ4v) is 2.93. The third-order valence-corrected chi connectivity index (χ3v) is 4.45. The molecule has 21 heavy (non-hydrogen) atoms. The van der Waals surface area contributed by atoms with Crippen LogP contribution in [0.1, 0.15) is 36.9 Å². The Morgan fingerprint density at radius 1 is 1.29 bits per heavy atom. The highest BCUT2D eigenvalue weighted by atomic mass is 32.2. The quantitative estimate of drug-likeness (QED) is 0.853. The molecule has 0 radical (unpaired) electrons. The lowest BCUT2D eigenvalue weighted by atomic mass is 10.0. The second kappa shape index (κ2) is 7.33. The van der Waals surface area contributed by atoms with Gasteiger partial charge >= 0.3 is 0 Å². The van der Waals surface area contributed by atoms with Crippen molar-refractivity contribution in [2.75, 3.05) is 0 Å². The maximum Gasteiger partial charge on any atom is 0.134 e. The van der Waals surface area contributed by atoms with E-state index in [4.69, 9.17) is 4.42 Å². The second-order valence-electron chi connectivity index (χ2n) is 4.91. The van der Waals surface area contributed by atoms with Crippen molar-refractivity contribution in [3.05, 3.63) is 54.0 Å². The van der Waals surface area contributed by atoms with Gasteiger partial charge in [-0.15, -0.1) is 0 Å². The Morgan fingerprint density at radius 3 is 2.57 bits per heavy atom. The predicted molar refractivity (Wildman–Crippen MR) is 82.1 cm³/mol. The van der Waals surface area contributed by atoms with Crippen molar-refractivity contribution < 1.29 is 13.4 Å². The van der Waals surface area contributed by atoms with Gasteiger partial charge in [0.2, 0.25) is 0 Å². The van der Waals surface area contributed by atoms with E-state index in [0.717, 1.165) is 11.1 Å². The molecule has 5 heteroatoms. The molecular formula is C16H19NO3S. The lowest BCUT2D eigenvalue weighted by Crippen LogP contribution is -2.25. The monoisotopic (exact) mass is 305 g/mol. The van der Waals surface area contributed by atoms with Crippen molar-refractivity contribution in [1.29, 1.82) is 0 Å². The highest BCUT2D eigenvalue weighted by Crippen LogP contribution is 2.20. The van der Waals surface area contributed by atoms with Gasteiger partial charge in [0.1, 0.15) is 16.8 Å². The van der Waals surface area contributed by atoms with Gasteiger partial charge < -0.3 is 4.42 Å². The fraction of sp³-hybridized carbons (Fsp3) is 0.312. The minimum atomic E-state index is -1.37. The first-order valence-electron chi connectivity index (χ1n) is 6.88. The molecule has 0 bridgehead atoms. The molecule has 0 unspecified atom stereocenters. The summed E-state index contributed by atoms with van der Waals surface area (Å²) in [5.74, 6) is 0.120. The molecule has 0 spiro atoms. The topological polar surface area (TPSA) is 59.3 Å². The number of furan rings is 1. The lowest BCUT2D eigenvalue weighted by molar-refractivity contribution is -0.119. The number of carbonyl (C=O) groups is 1. The summed E-state index contributed by atoms with van der Waals surface area (Å²) < 4.78 is 20.5. The van der Waals surface area contributed by atoms with Gasteiger partial charge in [-0.2, -0.15) is 0 Å². The Bertz CT molecular complexity index is 605. The average molecular weight is 305 g/mol. The van der Waals surface area contributed by atoms with Crippen LogP contribution in [0.2, 0.25) is 0 Å². The van der Waals surface area contributed by atoms with E-state index in [1.54, 1.807) is 18.6 Å². The standard InChI is InChI=1S/C16H19NO3S/c1-3-14(18)10-16(13-8-9-20-11-13)17-21(19)15-6-4-12(2)5-7-15/h4-9,11,16-17H,3,10H2,1-2H3/t16-,21-/m0/s1. The van der Waals surface area contributed by atoms with E-state index in [0.29, 0.717) is 17.7 Å². The van der Waals surface area contributed by atoms with Crippen LogP contribution < -0.4 is 4.72 Å². The van der Waals surface area contributed by atoms with Crippen molar-refractivity contribution in [2.45, 2.75) is 37.6 Å². The fourth-order valence-electron chi connectivity index (χ4n) is 1.93. The predicted octanol–water partition coefficient (Wildman–Crippen LogP) is 3.31. The van der Waals surface area contributed by atoms with Gasteiger partial charge in [0.05, 0.1) is 23.5 Å². The molecule has 0 aliphatic heterocycles. The zero-order chi connectivity index (χ0) is 15.2. The summed E-state index contributed by atoms with van der Waals surface area (Å²) >= 11 is 0.